The van der Waals surface area contributed by atoms with Crippen LogP contribution in [0.4, 0.5) is 0 Å². The molecule has 0 heterocycles. The van der Waals surface area contributed by atoms with Gasteiger partial charge in [0.2, 0.25) is 0 Å². The topological polar surface area (TPSA) is 6.48 Å². The van der Waals surface area contributed by atoms with Crippen molar-refractivity contribution in [2.45, 2.75) is 3.37 Å². The third-order valence-corrected chi connectivity index (χ3v) is 6.36. The molecule has 0 N–H and O–H groups in total. The number of thiocarbonyl (C=S) groups is 2. The van der Waals surface area contributed by atoms with E-state index in [1.807, 2.05) is 38.0 Å². The average molecular weight is 330 g/mol. The maximum absolute atomic E-state index is 5.20. The van der Waals surface area contributed by atoms with Crippen LogP contribution in [0.2, 0.25) is 0 Å². The van der Waals surface area contributed by atoms with Gasteiger partial charge in [-0.2, -0.15) is 0 Å². The molecule has 1 atom stereocenters. The van der Waals surface area contributed by atoms with Gasteiger partial charge < -0.3 is 0 Å². The van der Waals surface area contributed by atoms with Crippen molar-refractivity contribution in [3.63, 3.8) is 0 Å². The van der Waals surface area contributed by atoms with E-state index in [2.05, 4.69) is 0 Å². The third kappa shape index (κ3) is 6.51. The van der Waals surface area contributed by atoms with E-state index in [-0.39, 0.29) is 0 Å². The van der Waals surface area contributed by atoms with Crippen LogP contribution in [0.25, 0.3) is 0 Å². The van der Waals surface area contributed by atoms with Crippen LogP contribution in [0.15, 0.2) is 0 Å². The molecule has 7 heteroatoms. The summed E-state index contributed by atoms with van der Waals surface area (Å²) in [6, 6.07) is 0. The van der Waals surface area contributed by atoms with Crippen LogP contribution in [0.1, 0.15) is 0 Å². The normalized spacial score (nSPS) is 10.1. The molecule has 0 saturated heterocycles. The standard InChI is InChI=1S/C7H15AsN2S4/c1-9(2)6(11)13-5(8)14-7(12)10(3)4/h5H,8H2,1-4H3. The molecular formula is C7H15AsN2S4. The van der Waals surface area contributed by atoms with Gasteiger partial charge in [0.05, 0.1) is 0 Å². The molecule has 14 heavy (non-hydrogen) atoms. The fourth-order valence-electron chi connectivity index (χ4n) is 0.434. The maximum atomic E-state index is 5.20. The molecule has 0 saturated carbocycles. The predicted molar refractivity (Wildman–Crippen MR) is 80.1 cm³/mol. The van der Waals surface area contributed by atoms with Crippen LogP contribution in [0, 0.1) is 0 Å². The van der Waals surface area contributed by atoms with Crippen molar-refractivity contribution in [1.29, 1.82) is 0 Å². The van der Waals surface area contributed by atoms with Gasteiger partial charge in [-0.3, -0.25) is 0 Å². The number of nitrogens with zero attached hydrogens (tertiary/aromatic N) is 2. The van der Waals surface area contributed by atoms with Crippen molar-refractivity contribution >= 4 is 73.5 Å². The Balaban J connectivity index is 3.93. The molecule has 0 fully saturated rings. The van der Waals surface area contributed by atoms with Crippen molar-refractivity contribution < 1.29 is 0 Å². The predicted octanol–water partition coefficient (Wildman–Crippen LogP) is 1.06. The SMILES string of the molecule is CN(C)C(=S)SC([AsH2])SC(=S)N(C)C. The first-order chi connectivity index (χ1) is 6.34. The minimum absolute atomic E-state index is 0.423. The van der Waals surface area contributed by atoms with Crippen LogP contribution < -0.4 is 0 Å². The molecule has 0 rings (SSSR count). The summed E-state index contributed by atoms with van der Waals surface area (Å²) in [6.07, 6.45) is 0. The Morgan fingerprint density at radius 1 is 1.00 bits per heavy atom. The van der Waals surface area contributed by atoms with E-state index in [4.69, 9.17) is 24.4 Å². The molecule has 1 unspecified atom stereocenters. The van der Waals surface area contributed by atoms with E-state index in [1.54, 1.807) is 40.4 Å². The van der Waals surface area contributed by atoms with Gasteiger partial charge in [0.15, 0.2) is 0 Å². The van der Waals surface area contributed by atoms with E-state index in [0.29, 0.717) is 3.37 Å². The Kier molecular flexibility index (Phi) is 7.88. The summed E-state index contributed by atoms with van der Waals surface area (Å²) < 4.78 is 2.24. The molecule has 0 aliphatic carbocycles. The molecule has 82 valence electrons. The van der Waals surface area contributed by atoms with Gasteiger partial charge >= 0.3 is 115 Å². The van der Waals surface area contributed by atoms with Gasteiger partial charge in [0.1, 0.15) is 0 Å². The summed E-state index contributed by atoms with van der Waals surface area (Å²) >= 11 is 15.4. The van der Waals surface area contributed by atoms with Gasteiger partial charge in [-0.05, 0) is 0 Å². The summed E-state index contributed by atoms with van der Waals surface area (Å²) in [7, 11) is 7.85. The van der Waals surface area contributed by atoms with Crippen molar-refractivity contribution in [2.24, 2.45) is 0 Å². The number of hydrogen-bond donors (Lipinski definition) is 0. The second-order valence-corrected chi connectivity index (χ2v) is 10.2. The zero-order valence-corrected chi connectivity index (χ0v) is 14.4. The fourth-order valence-corrected chi connectivity index (χ4v) is 5.84. The molecule has 0 radical (unpaired) electrons. The van der Waals surface area contributed by atoms with Crippen LogP contribution in [-0.4, -0.2) is 66.9 Å². The fraction of sp³-hybridized carbons (Fsp3) is 0.714. The van der Waals surface area contributed by atoms with E-state index in [0.717, 1.165) is 8.64 Å². The third-order valence-electron chi connectivity index (χ3n) is 1.16. The molecule has 0 bridgehead atoms. The van der Waals surface area contributed by atoms with E-state index >= 15 is 0 Å². The molecule has 0 aliphatic rings. The second kappa shape index (κ2) is 7.33. The zero-order chi connectivity index (χ0) is 11.3. The monoisotopic (exact) mass is 330 g/mol. The Morgan fingerprint density at radius 2 is 1.29 bits per heavy atom. The Bertz CT molecular complexity index is 198. The van der Waals surface area contributed by atoms with Gasteiger partial charge in [0.25, 0.3) is 0 Å². The first kappa shape index (κ1) is 15.0. The van der Waals surface area contributed by atoms with Gasteiger partial charge in [-0.25, -0.2) is 0 Å². The van der Waals surface area contributed by atoms with Gasteiger partial charge in [0, 0.05) is 0 Å². The zero-order valence-electron chi connectivity index (χ0n) is 8.68. The molecule has 0 spiro atoms. The summed E-state index contributed by atoms with van der Waals surface area (Å²) in [5.74, 6) is 0. The first-order valence-corrected chi connectivity index (χ1v) is 7.83. The summed E-state index contributed by atoms with van der Waals surface area (Å²) in [4.78, 5) is 3.90. The molecule has 0 aromatic carbocycles. The van der Waals surface area contributed by atoms with E-state index in [1.165, 1.54) is 0 Å². The summed E-state index contributed by atoms with van der Waals surface area (Å²) in [5, 5.41) is 0. The molecular weight excluding hydrogens is 315 g/mol. The average Bonchev–Trinajstić information content (AvgIpc) is 2.03. The molecule has 0 amide bonds. The van der Waals surface area contributed by atoms with E-state index in [9.17, 15) is 0 Å². The first-order valence-electron chi connectivity index (χ1n) is 3.86. The van der Waals surface area contributed by atoms with Crippen molar-refractivity contribution in [2.75, 3.05) is 28.2 Å². The number of thioether (sulfide) groups is 2. The van der Waals surface area contributed by atoms with Crippen molar-refractivity contribution in [3.8, 4) is 0 Å². The minimum atomic E-state index is 0.423. The van der Waals surface area contributed by atoms with Crippen molar-refractivity contribution in [1.82, 2.24) is 9.80 Å². The van der Waals surface area contributed by atoms with Crippen molar-refractivity contribution in [3.05, 3.63) is 0 Å². The molecule has 0 aliphatic heterocycles. The summed E-state index contributed by atoms with van der Waals surface area (Å²) in [6.45, 7) is 0. The van der Waals surface area contributed by atoms with Crippen LogP contribution in [0.3, 0.4) is 0 Å². The quantitative estimate of drug-likeness (QED) is 0.421. The number of hydrogen-bond acceptors (Lipinski definition) is 4. The second-order valence-electron chi connectivity index (χ2n) is 2.92. The number of rotatable bonds is 2. The molecule has 2 nitrogen and oxygen atoms in total. The van der Waals surface area contributed by atoms with E-state index < -0.39 is 0 Å². The molecule has 0 aromatic rings. The van der Waals surface area contributed by atoms with Gasteiger partial charge in [-0.15, -0.1) is 0 Å². The Labute approximate surface area is 114 Å². The van der Waals surface area contributed by atoms with Crippen LogP contribution in [-0.2, 0) is 0 Å². The van der Waals surface area contributed by atoms with Gasteiger partial charge in [-0.1, -0.05) is 0 Å². The van der Waals surface area contributed by atoms with Crippen LogP contribution >= 0.6 is 48.0 Å². The molecule has 0 aromatic heterocycles. The Morgan fingerprint density at radius 3 is 1.50 bits per heavy atom. The Hall–Kier alpha value is 1.04. The van der Waals surface area contributed by atoms with Crippen LogP contribution in [0.5, 0.6) is 0 Å². The summed E-state index contributed by atoms with van der Waals surface area (Å²) in [5.41, 5.74) is 0.